The molecule has 1 heterocycles. The predicted molar refractivity (Wildman–Crippen MR) is 103 cm³/mol. The lowest BCUT2D eigenvalue weighted by Gasteiger charge is -2.25. The maximum absolute atomic E-state index is 14.6. The van der Waals surface area contributed by atoms with E-state index in [1.165, 1.54) is 12.1 Å². The van der Waals surface area contributed by atoms with Crippen LogP contribution in [0.1, 0.15) is 41.4 Å². The maximum Gasteiger partial charge on any atom is 0.244 e. The van der Waals surface area contributed by atoms with Crippen LogP contribution in [-0.2, 0) is 10.0 Å². The van der Waals surface area contributed by atoms with Gasteiger partial charge in [0.05, 0.1) is 6.04 Å². The number of benzene rings is 2. The minimum Gasteiger partial charge on any atom is -0.207 e. The number of hydrogen-bond donors (Lipinski definition) is 2. The number of aromatic nitrogens is 4. The second kappa shape index (κ2) is 8.13. The van der Waals surface area contributed by atoms with Crippen LogP contribution >= 0.6 is 11.6 Å². The summed E-state index contributed by atoms with van der Waals surface area (Å²) in [6.45, 7) is 5.19. The zero-order valence-corrected chi connectivity index (χ0v) is 17.3. The molecule has 0 spiro atoms. The molecule has 0 aliphatic heterocycles. The van der Waals surface area contributed by atoms with E-state index in [0.29, 0.717) is 11.1 Å². The molecule has 0 radical (unpaired) electrons. The Morgan fingerprint density at radius 1 is 1.14 bits per heavy atom. The third-order valence-electron chi connectivity index (χ3n) is 4.79. The number of rotatable bonds is 6. The van der Waals surface area contributed by atoms with E-state index in [4.69, 9.17) is 11.6 Å². The van der Waals surface area contributed by atoms with Crippen molar-refractivity contribution in [2.75, 3.05) is 0 Å². The summed E-state index contributed by atoms with van der Waals surface area (Å²) in [6, 6.07) is 5.05. The van der Waals surface area contributed by atoms with Gasteiger partial charge >= 0.3 is 0 Å². The van der Waals surface area contributed by atoms with E-state index in [2.05, 4.69) is 25.3 Å². The topological polar surface area (TPSA) is 101 Å². The molecule has 1 aromatic heterocycles. The van der Waals surface area contributed by atoms with E-state index in [1.54, 1.807) is 19.9 Å². The van der Waals surface area contributed by atoms with Crippen molar-refractivity contribution in [3.05, 3.63) is 69.5 Å². The fourth-order valence-electron chi connectivity index (χ4n) is 3.13. The van der Waals surface area contributed by atoms with Gasteiger partial charge in [-0.05, 0) is 54.8 Å². The molecule has 0 saturated heterocycles. The van der Waals surface area contributed by atoms with Gasteiger partial charge in [-0.1, -0.05) is 29.8 Å². The molecule has 2 unspecified atom stereocenters. The Labute approximate surface area is 171 Å². The molecule has 0 aliphatic carbocycles. The zero-order chi connectivity index (χ0) is 21.3. The summed E-state index contributed by atoms with van der Waals surface area (Å²) in [5, 5.41) is 13.5. The van der Waals surface area contributed by atoms with Crippen molar-refractivity contribution in [2.45, 2.75) is 37.6 Å². The lowest BCUT2D eigenvalue weighted by atomic mass is 9.88. The normalized spacial score (nSPS) is 14.0. The van der Waals surface area contributed by atoms with E-state index >= 15 is 0 Å². The van der Waals surface area contributed by atoms with Crippen molar-refractivity contribution in [3.63, 3.8) is 0 Å². The minimum absolute atomic E-state index is 0.00393. The monoisotopic (exact) mass is 441 g/mol. The molecule has 2 aromatic carbocycles. The molecule has 0 saturated carbocycles. The van der Waals surface area contributed by atoms with E-state index < -0.39 is 38.5 Å². The Kier molecular flexibility index (Phi) is 5.97. The number of aromatic amines is 1. The van der Waals surface area contributed by atoms with Crippen LogP contribution in [0.5, 0.6) is 0 Å². The van der Waals surface area contributed by atoms with Crippen molar-refractivity contribution in [3.8, 4) is 0 Å². The molecule has 0 aliphatic rings. The summed E-state index contributed by atoms with van der Waals surface area (Å²) in [6.07, 6.45) is 0. The number of aryl methyl sites for hydroxylation is 1. The fraction of sp³-hybridized carbons (Fsp3) is 0.278. The van der Waals surface area contributed by atoms with Crippen molar-refractivity contribution >= 4 is 21.6 Å². The summed E-state index contributed by atoms with van der Waals surface area (Å²) in [5.41, 5.74) is 1.81. The molecule has 0 fully saturated rings. The van der Waals surface area contributed by atoms with Crippen LogP contribution in [-0.4, -0.2) is 29.0 Å². The molecule has 154 valence electrons. The summed E-state index contributed by atoms with van der Waals surface area (Å²) in [7, 11) is -4.35. The number of nitrogens with zero attached hydrogens (tertiary/aromatic N) is 3. The molecule has 29 heavy (non-hydrogen) atoms. The Morgan fingerprint density at radius 3 is 2.48 bits per heavy atom. The standard InChI is InChI=1S/C18H18ClF2N5O2S/c1-9-4-6-13(20)16(10(9)2)11(3)17(18-22-25-26-23-18)24-29(27,28)15-7-5-12(19)8-14(15)21/h4-8,11,17,24H,1-3H3,(H,22,23,25,26). The maximum atomic E-state index is 14.6. The highest BCUT2D eigenvalue weighted by Gasteiger charge is 2.33. The van der Waals surface area contributed by atoms with Gasteiger partial charge in [0.15, 0.2) is 5.82 Å². The van der Waals surface area contributed by atoms with Crippen LogP contribution in [0.4, 0.5) is 8.78 Å². The molecule has 3 rings (SSSR count). The van der Waals surface area contributed by atoms with Crippen LogP contribution in [0, 0.1) is 25.5 Å². The van der Waals surface area contributed by atoms with Gasteiger partial charge in [-0.3, -0.25) is 0 Å². The van der Waals surface area contributed by atoms with E-state index in [9.17, 15) is 17.2 Å². The van der Waals surface area contributed by atoms with E-state index in [1.807, 2.05) is 6.92 Å². The van der Waals surface area contributed by atoms with Gasteiger partial charge in [-0.25, -0.2) is 17.2 Å². The minimum atomic E-state index is -4.35. The first kappa shape index (κ1) is 21.3. The van der Waals surface area contributed by atoms with Crippen LogP contribution < -0.4 is 4.72 Å². The van der Waals surface area contributed by atoms with Crippen molar-refractivity contribution < 1.29 is 17.2 Å². The third kappa shape index (κ3) is 4.29. The fourth-order valence-corrected chi connectivity index (χ4v) is 4.63. The third-order valence-corrected chi connectivity index (χ3v) is 6.50. The van der Waals surface area contributed by atoms with Crippen molar-refractivity contribution in [1.82, 2.24) is 25.3 Å². The largest absolute Gasteiger partial charge is 0.244 e. The Hall–Kier alpha value is -2.43. The SMILES string of the molecule is Cc1ccc(F)c(C(C)C(NS(=O)(=O)c2ccc(Cl)cc2F)c2nn[nH]n2)c1C. The van der Waals surface area contributed by atoms with Crippen molar-refractivity contribution in [1.29, 1.82) is 0 Å². The molecule has 3 aromatic rings. The average Bonchev–Trinajstić information content (AvgIpc) is 3.17. The Bertz CT molecular complexity index is 1140. The molecule has 2 atom stereocenters. The molecule has 2 N–H and O–H groups in total. The average molecular weight is 442 g/mol. The van der Waals surface area contributed by atoms with Crippen molar-refractivity contribution in [2.24, 2.45) is 0 Å². The van der Waals surface area contributed by atoms with Gasteiger partial charge in [-0.2, -0.15) is 9.94 Å². The van der Waals surface area contributed by atoms with Crippen LogP contribution in [0.2, 0.25) is 5.02 Å². The lowest BCUT2D eigenvalue weighted by molar-refractivity contribution is 0.475. The van der Waals surface area contributed by atoms with E-state index in [-0.39, 0.29) is 10.8 Å². The highest BCUT2D eigenvalue weighted by molar-refractivity contribution is 7.89. The molecule has 0 amide bonds. The molecule has 11 heteroatoms. The van der Waals surface area contributed by atoms with Gasteiger partial charge < -0.3 is 0 Å². The number of sulfonamides is 1. The summed E-state index contributed by atoms with van der Waals surface area (Å²) < 4.78 is 57.0. The van der Waals surface area contributed by atoms with Gasteiger partial charge in [0, 0.05) is 10.9 Å². The first-order valence-corrected chi connectivity index (χ1v) is 10.4. The quantitative estimate of drug-likeness (QED) is 0.609. The number of tetrazole rings is 1. The highest BCUT2D eigenvalue weighted by atomic mass is 35.5. The second-order valence-corrected chi connectivity index (χ2v) is 8.75. The van der Waals surface area contributed by atoms with E-state index in [0.717, 1.165) is 17.7 Å². The molecular weight excluding hydrogens is 424 g/mol. The highest BCUT2D eigenvalue weighted by Crippen LogP contribution is 2.35. The lowest BCUT2D eigenvalue weighted by Crippen LogP contribution is -2.33. The first-order chi connectivity index (χ1) is 13.6. The molecular formula is C18H18ClF2N5O2S. The van der Waals surface area contributed by atoms with Gasteiger partial charge in [0.1, 0.15) is 16.5 Å². The zero-order valence-electron chi connectivity index (χ0n) is 15.7. The summed E-state index contributed by atoms with van der Waals surface area (Å²) in [4.78, 5) is -0.593. The number of nitrogens with one attached hydrogen (secondary N) is 2. The van der Waals surface area contributed by atoms with Crippen LogP contribution in [0.15, 0.2) is 35.2 Å². The Morgan fingerprint density at radius 2 is 1.86 bits per heavy atom. The van der Waals surface area contributed by atoms with Crippen LogP contribution in [0.25, 0.3) is 0 Å². The summed E-state index contributed by atoms with van der Waals surface area (Å²) >= 11 is 5.70. The predicted octanol–water partition coefficient (Wildman–Crippen LogP) is 3.57. The van der Waals surface area contributed by atoms with Gasteiger partial charge in [0.2, 0.25) is 10.0 Å². The first-order valence-electron chi connectivity index (χ1n) is 8.58. The molecule has 0 bridgehead atoms. The second-order valence-electron chi connectivity index (χ2n) is 6.64. The number of H-pyrrole nitrogens is 1. The smallest absolute Gasteiger partial charge is 0.207 e. The van der Waals surface area contributed by atoms with Crippen LogP contribution in [0.3, 0.4) is 0 Å². The van der Waals surface area contributed by atoms with Gasteiger partial charge in [-0.15, -0.1) is 10.2 Å². The number of hydrogen-bond acceptors (Lipinski definition) is 5. The molecule has 7 nitrogen and oxygen atoms in total. The number of halogens is 3. The Balaban J connectivity index is 2.07. The summed E-state index contributed by atoms with van der Waals surface area (Å²) in [5.74, 6) is -2.23. The van der Waals surface area contributed by atoms with Gasteiger partial charge in [0.25, 0.3) is 0 Å².